The Labute approximate surface area is 118 Å². The first kappa shape index (κ1) is 14.2. The zero-order valence-electron chi connectivity index (χ0n) is 11.1. The Morgan fingerprint density at radius 1 is 1.42 bits per heavy atom. The second-order valence-corrected chi connectivity index (χ2v) is 5.22. The molecule has 1 aromatic rings. The molecule has 0 radical (unpaired) electrons. The van der Waals surface area contributed by atoms with Gasteiger partial charge in [0.2, 0.25) is 0 Å². The van der Waals surface area contributed by atoms with E-state index in [1.165, 1.54) is 0 Å². The number of benzene rings is 1. The van der Waals surface area contributed by atoms with Crippen LogP contribution in [-0.2, 0) is 9.53 Å². The fourth-order valence-corrected chi connectivity index (χ4v) is 2.22. The SMILES string of the molecule is CC1CC(N(C)CCOc2ccc(Cl)cc2)C(=O)O1. The first-order valence-electron chi connectivity index (χ1n) is 6.35. The van der Waals surface area contributed by atoms with Crippen LogP contribution >= 0.6 is 11.6 Å². The molecule has 4 nitrogen and oxygen atoms in total. The number of esters is 1. The van der Waals surface area contributed by atoms with Gasteiger partial charge in [-0.25, -0.2) is 0 Å². The lowest BCUT2D eigenvalue weighted by molar-refractivity contribution is -0.144. The van der Waals surface area contributed by atoms with Gasteiger partial charge in [0.1, 0.15) is 24.5 Å². The van der Waals surface area contributed by atoms with E-state index >= 15 is 0 Å². The van der Waals surface area contributed by atoms with Gasteiger partial charge in [0.15, 0.2) is 0 Å². The summed E-state index contributed by atoms with van der Waals surface area (Å²) in [6, 6.07) is 7.08. The number of likely N-dealkylation sites (N-methyl/N-ethyl adjacent to an activating group) is 1. The van der Waals surface area contributed by atoms with Crippen LogP contribution in [-0.4, -0.2) is 43.2 Å². The zero-order chi connectivity index (χ0) is 13.8. The summed E-state index contributed by atoms with van der Waals surface area (Å²) in [4.78, 5) is 13.6. The van der Waals surface area contributed by atoms with Crippen LogP contribution in [0.15, 0.2) is 24.3 Å². The van der Waals surface area contributed by atoms with Crippen molar-refractivity contribution in [3.8, 4) is 5.75 Å². The van der Waals surface area contributed by atoms with E-state index in [2.05, 4.69) is 0 Å². The Morgan fingerprint density at radius 2 is 2.11 bits per heavy atom. The van der Waals surface area contributed by atoms with Gasteiger partial charge < -0.3 is 9.47 Å². The third kappa shape index (κ3) is 3.85. The molecule has 1 aliphatic rings. The number of carbonyl (C=O) groups is 1. The van der Waals surface area contributed by atoms with Gasteiger partial charge in [-0.1, -0.05) is 11.6 Å². The highest BCUT2D eigenvalue weighted by atomic mass is 35.5. The van der Waals surface area contributed by atoms with Gasteiger partial charge in [0.25, 0.3) is 0 Å². The summed E-state index contributed by atoms with van der Waals surface area (Å²) in [6.07, 6.45) is 0.758. The molecule has 1 aliphatic heterocycles. The van der Waals surface area contributed by atoms with Gasteiger partial charge in [-0.15, -0.1) is 0 Å². The van der Waals surface area contributed by atoms with Gasteiger partial charge in [0, 0.05) is 18.0 Å². The lowest BCUT2D eigenvalue weighted by atomic mass is 10.1. The van der Waals surface area contributed by atoms with Crippen LogP contribution in [0.25, 0.3) is 0 Å². The zero-order valence-corrected chi connectivity index (χ0v) is 11.9. The summed E-state index contributed by atoms with van der Waals surface area (Å²) in [6.45, 7) is 3.11. The Hall–Kier alpha value is -1.26. The molecule has 1 saturated heterocycles. The molecule has 0 N–H and O–H groups in total. The van der Waals surface area contributed by atoms with Crippen molar-refractivity contribution in [3.05, 3.63) is 29.3 Å². The van der Waals surface area contributed by atoms with E-state index in [0.29, 0.717) is 18.2 Å². The second-order valence-electron chi connectivity index (χ2n) is 4.78. The van der Waals surface area contributed by atoms with E-state index in [-0.39, 0.29) is 18.1 Å². The van der Waals surface area contributed by atoms with E-state index < -0.39 is 0 Å². The maximum atomic E-state index is 11.6. The normalized spacial score (nSPS) is 22.6. The van der Waals surface area contributed by atoms with Crippen LogP contribution in [0.5, 0.6) is 5.75 Å². The van der Waals surface area contributed by atoms with Crippen LogP contribution < -0.4 is 4.74 Å². The molecular weight excluding hydrogens is 266 g/mol. The fourth-order valence-electron chi connectivity index (χ4n) is 2.09. The van der Waals surface area contributed by atoms with E-state index in [1.807, 2.05) is 31.0 Å². The lowest BCUT2D eigenvalue weighted by Gasteiger charge is -2.20. The Bertz CT molecular complexity index is 435. The monoisotopic (exact) mass is 283 g/mol. The van der Waals surface area contributed by atoms with Crippen molar-refractivity contribution in [2.24, 2.45) is 0 Å². The smallest absolute Gasteiger partial charge is 0.323 e. The van der Waals surface area contributed by atoms with Crippen molar-refractivity contribution in [1.29, 1.82) is 0 Å². The molecule has 104 valence electrons. The van der Waals surface area contributed by atoms with Gasteiger partial charge in [-0.3, -0.25) is 9.69 Å². The number of nitrogens with zero attached hydrogens (tertiary/aromatic N) is 1. The summed E-state index contributed by atoms with van der Waals surface area (Å²) in [5, 5.41) is 0.687. The molecule has 2 rings (SSSR count). The highest BCUT2D eigenvalue weighted by molar-refractivity contribution is 6.30. The number of ether oxygens (including phenoxy) is 2. The molecule has 0 aliphatic carbocycles. The summed E-state index contributed by atoms with van der Waals surface area (Å²) in [5.41, 5.74) is 0. The van der Waals surface area contributed by atoms with Gasteiger partial charge in [-0.2, -0.15) is 0 Å². The van der Waals surface area contributed by atoms with Crippen molar-refractivity contribution in [1.82, 2.24) is 4.90 Å². The van der Waals surface area contributed by atoms with Crippen LogP contribution in [0, 0.1) is 0 Å². The fraction of sp³-hybridized carbons (Fsp3) is 0.500. The molecule has 1 fully saturated rings. The third-order valence-electron chi connectivity index (χ3n) is 3.20. The molecular formula is C14H18ClNO3. The number of rotatable bonds is 5. The van der Waals surface area contributed by atoms with Crippen LogP contribution in [0.2, 0.25) is 5.02 Å². The summed E-state index contributed by atoms with van der Waals surface area (Å²) in [7, 11) is 1.91. The first-order chi connectivity index (χ1) is 9.06. The lowest BCUT2D eigenvalue weighted by Crippen LogP contribution is -2.37. The topological polar surface area (TPSA) is 38.8 Å². The molecule has 0 aromatic heterocycles. The first-order valence-corrected chi connectivity index (χ1v) is 6.73. The van der Waals surface area contributed by atoms with E-state index in [9.17, 15) is 4.79 Å². The number of hydrogen-bond acceptors (Lipinski definition) is 4. The van der Waals surface area contributed by atoms with Crippen LogP contribution in [0.3, 0.4) is 0 Å². The Morgan fingerprint density at radius 3 is 2.68 bits per heavy atom. The van der Waals surface area contributed by atoms with E-state index in [1.54, 1.807) is 12.1 Å². The molecule has 1 heterocycles. The summed E-state index contributed by atoms with van der Waals surface area (Å²) in [5.74, 6) is 0.640. The molecule has 0 bridgehead atoms. The standard InChI is InChI=1S/C14H18ClNO3/c1-10-9-13(14(17)19-10)16(2)7-8-18-12-5-3-11(15)4-6-12/h3-6,10,13H,7-9H2,1-2H3. The van der Waals surface area contributed by atoms with Crippen molar-refractivity contribution >= 4 is 17.6 Å². The van der Waals surface area contributed by atoms with E-state index in [4.69, 9.17) is 21.1 Å². The van der Waals surface area contributed by atoms with Gasteiger partial charge in [-0.05, 0) is 38.2 Å². The van der Waals surface area contributed by atoms with Crippen LogP contribution in [0.1, 0.15) is 13.3 Å². The molecule has 19 heavy (non-hydrogen) atoms. The predicted octanol–water partition coefficient (Wildman–Crippen LogP) is 2.35. The maximum absolute atomic E-state index is 11.6. The average molecular weight is 284 g/mol. The Kier molecular flexibility index (Phi) is 4.66. The molecule has 0 saturated carbocycles. The Balaban J connectivity index is 1.76. The second kappa shape index (κ2) is 6.26. The van der Waals surface area contributed by atoms with Crippen LogP contribution in [0.4, 0.5) is 0 Å². The van der Waals surface area contributed by atoms with E-state index in [0.717, 1.165) is 12.2 Å². The molecule has 1 aromatic carbocycles. The minimum absolute atomic E-state index is 0.0112. The highest BCUT2D eigenvalue weighted by Gasteiger charge is 2.34. The van der Waals surface area contributed by atoms with Crippen molar-refractivity contribution in [2.45, 2.75) is 25.5 Å². The van der Waals surface area contributed by atoms with Crippen molar-refractivity contribution in [3.63, 3.8) is 0 Å². The number of carbonyl (C=O) groups excluding carboxylic acids is 1. The van der Waals surface area contributed by atoms with Crippen molar-refractivity contribution < 1.29 is 14.3 Å². The minimum Gasteiger partial charge on any atom is -0.492 e. The maximum Gasteiger partial charge on any atom is 0.323 e. The van der Waals surface area contributed by atoms with Gasteiger partial charge >= 0.3 is 5.97 Å². The molecule has 2 atom stereocenters. The quantitative estimate of drug-likeness (QED) is 0.778. The molecule has 2 unspecified atom stereocenters. The highest BCUT2D eigenvalue weighted by Crippen LogP contribution is 2.19. The molecule has 0 amide bonds. The number of halogens is 1. The molecule has 0 spiro atoms. The molecule has 5 heteroatoms. The largest absolute Gasteiger partial charge is 0.492 e. The van der Waals surface area contributed by atoms with Gasteiger partial charge in [0.05, 0.1) is 0 Å². The summed E-state index contributed by atoms with van der Waals surface area (Å²) >= 11 is 5.80. The van der Waals surface area contributed by atoms with Crippen molar-refractivity contribution in [2.75, 3.05) is 20.2 Å². The predicted molar refractivity (Wildman–Crippen MR) is 73.5 cm³/mol. The average Bonchev–Trinajstić information content (AvgIpc) is 2.71. The minimum atomic E-state index is -0.149. The number of hydrogen-bond donors (Lipinski definition) is 0. The third-order valence-corrected chi connectivity index (χ3v) is 3.45. The summed E-state index contributed by atoms with van der Waals surface area (Å²) < 4.78 is 10.7. The number of cyclic esters (lactones) is 1.